The zero-order valence-electron chi connectivity index (χ0n) is 12.4. The minimum absolute atomic E-state index is 0.0505. The number of ether oxygens (including phenoxy) is 1. The van der Waals surface area contributed by atoms with Gasteiger partial charge in [0.1, 0.15) is 0 Å². The topological polar surface area (TPSA) is 61.8 Å². The van der Waals surface area contributed by atoms with E-state index in [4.69, 9.17) is 4.74 Å². The number of likely N-dealkylation sites (tertiary alicyclic amines) is 1. The Morgan fingerprint density at radius 3 is 2.84 bits per heavy atom. The Morgan fingerprint density at radius 1 is 1.47 bits per heavy atom. The molecule has 1 rings (SSSR count). The van der Waals surface area contributed by atoms with Gasteiger partial charge in [-0.15, -0.1) is 0 Å². The highest BCUT2D eigenvalue weighted by atomic mass is 16.5. The van der Waals surface area contributed by atoms with Crippen LogP contribution in [0, 0.1) is 0 Å². The Bertz CT molecular complexity index is 271. The molecule has 1 aliphatic rings. The molecular formula is C14H28N2O3. The quantitative estimate of drug-likeness (QED) is 0.672. The van der Waals surface area contributed by atoms with Gasteiger partial charge in [-0.05, 0) is 39.7 Å². The third kappa shape index (κ3) is 5.47. The number of amides is 1. The average molecular weight is 272 g/mol. The van der Waals surface area contributed by atoms with Gasteiger partial charge in [0, 0.05) is 19.7 Å². The molecule has 0 aromatic rings. The van der Waals surface area contributed by atoms with Gasteiger partial charge in [0.2, 0.25) is 5.91 Å². The van der Waals surface area contributed by atoms with E-state index in [9.17, 15) is 9.90 Å². The molecular weight excluding hydrogens is 244 g/mol. The zero-order chi connectivity index (χ0) is 14.3. The van der Waals surface area contributed by atoms with Crippen molar-refractivity contribution < 1.29 is 14.6 Å². The van der Waals surface area contributed by atoms with Crippen molar-refractivity contribution in [1.29, 1.82) is 0 Å². The average Bonchev–Trinajstić information content (AvgIpc) is 2.38. The second kappa shape index (κ2) is 8.51. The molecule has 112 valence electrons. The number of carbonyl (C=O) groups is 1. The van der Waals surface area contributed by atoms with E-state index in [1.54, 1.807) is 7.11 Å². The summed E-state index contributed by atoms with van der Waals surface area (Å²) < 4.78 is 4.93. The summed E-state index contributed by atoms with van der Waals surface area (Å²) in [6.45, 7) is 5.79. The van der Waals surface area contributed by atoms with Crippen molar-refractivity contribution >= 4 is 5.91 Å². The number of carbonyl (C=O) groups excluding carboxylic acids is 1. The van der Waals surface area contributed by atoms with E-state index in [-0.39, 0.29) is 18.1 Å². The smallest absolute Gasteiger partial charge is 0.237 e. The molecule has 19 heavy (non-hydrogen) atoms. The lowest BCUT2D eigenvalue weighted by molar-refractivity contribution is -0.127. The number of nitrogens with one attached hydrogen (secondary N) is 1. The fourth-order valence-corrected chi connectivity index (χ4v) is 2.75. The first-order valence-electron chi connectivity index (χ1n) is 7.26. The Hall–Kier alpha value is -0.650. The third-order valence-electron chi connectivity index (χ3n) is 3.77. The number of aliphatic hydroxyl groups is 1. The number of aliphatic hydroxyl groups excluding tert-OH is 1. The Kier molecular flexibility index (Phi) is 7.34. The van der Waals surface area contributed by atoms with Gasteiger partial charge in [-0.2, -0.15) is 0 Å². The van der Waals surface area contributed by atoms with E-state index in [2.05, 4.69) is 10.2 Å². The molecule has 0 aromatic heterocycles. The molecule has 5 nitrogen and oxygen atoms in total. The molecule has 2 N–H and O–H groups in total. The number of piperidine rings is 1. The van der Waals surface area contributed by atoms with Crippen LogP contribution in [0.5, 0.6) is 0 Å². The molecule has 0 aromatic carbocycles. The number of rotatable bonds is 7. The zero-order valence-corrected chi connectivity index (χ0v) is 12.4. The number of methoxy groups -OCH3 is 1. The summed E-state index contributed by atoms with van der Waals surface area (Å²) in [5.41, 5.74) is 0. The summed E-state index contributed by atoms with van der Waals surface area (Å²) in [4.78, 5) is 14.3. The van der Waals surface area contributed by atoms with Crippen LogP contribution in [0.15, 0.2) is 0 Å². The molecule has 3 atom stereocenters. The van der Waals surface area contributed by atoms with Gasteiger partial charge in [-0.25, -0.2) is 0 Å². The second-order valence-corrected chi connectivity index (χ2v) is 5.43. The molecule has 1 aliphatic heterocycles. The molecule has 0 radical (unpaired) electrons. The van der Waals surface area contributed by atoms with Crippen molar-refractivity contribution in [2.24, 2.45) is 0 Å². The fraction of sp³-hybridized carbons (Fsp3) is 0.929. The van der Waals surface area contributed by atoms with Crippen molar-refractivity contribution in [2.45, 2.75) is 57.7 Å². The van der Waals surface area contributed by atoms with Gasteiger partial charge >= 0.3 is 0 Å². The first kappa shape index (κ1) is 16.4. The van der Waals surface area contributed by atoms with Crippen LogP contribution in [-0.2, 0) is 9.53 Å². The van der Waals surface area contributed by atoms with Gasteiger partial charge in [-0.1, -0.05) is 6.42 Å². The first-order chi connectivity index (χ1) is 9.06. The largest absolute Gasteiger partial charge is 0.393 e. The fourth-order valence-electron chi connectivity index (χ4n) is 2.75. The minimum Gasteiger partial charge on any atom is -0.393 e. The lowest BCUT2D eigenvalue weighted by atomic mass is 9.95. The maximum absolute atomic E-state index is 12.1. The van der Waals surface area contributed by atoms with Crippen LogP contribution in [0.3, 0.4) is 0 Å². The first-order valence-corrected chi connectivity index (χ1v) is 7.26. The standard InChI is InChI=1S/C14H28N2O3/c1-11(17)10-13-6-4-5-8-16(13)12(2)14(18)15-7-9-19-3/h11-13,17H,4-10H2,1-3H3,(H,15,18). The molecule has 0 aliphatic carbocycles. The summed E-state index contributed by atoms with van der Waals surface area (Å²) in [6.07, 6.45) is 3.82. The normalized spacial score (nSPS) is 23.9. The van der Waals surface area contributed by atoms with E-state index in [1.807, 2.05) is 13.8 Å². The van der Waals surface area contributed by atoms with Crippen LogP contribution in [0.2, 0.25) is 0 Å². The number of nitrogens with zero attached hydrogens (tertiary/aromatic N) is 1. The van der Waals surface area contributed by atoms with Gasteiger partial charge in [0.15, 0.2) is 0 Å². The van der Waals surface area contributed by atoms with Gasteiger partial charge < -0.3 is 15.2 Å². The van der Waals surface area contributed by atoms with Crippen molar-refractivity contribution in [3.8, 4) is 0 Å². The highest BCUT2D eigenvalue weighted by Crippen LogP contribution is 2.23. The van der Waals surface area contributed by atoms with Crippen LogP contribution in [0.1, 0.15) is 39.5 Å². The van der Waals surface area contributed by atoms with Crippen molar-refractivity contribution in [1.82, 2.24) is 10.2 Å². The van der Waals surface area contributed by atoms with Crippen LogP contribution >= 0.6 is 0 Å². The second-order valence-electron chi connectivity index (χ2n) is 5.43. The van der Waals surface area contributed by atoms with E-state index < -0.39 is 0 Å². The van der Waals surface area contributed by atoms with Gasteiger partial charge in [0.25, 0.3) is 0 Å². The van der Waals surface area contributed by atoms with E-state index in [1.165, 1.54) is 6.42 Å². The van der Waals surface area contributed by atoms with Crippen molar-refractivity contribution in [3.63, 3.8) is 0 Å². The highest BCUT2D eigenvalue weighted by Gasteiger charge is 2.30. The summed E-state index contributed by atoms with van der Waals surface area (Å²) in [5.74, 6) is 0.0505. The molecule has 0 saturated carbocycles. The van der Waals surface area contributed by atoms with Crippen molar-refractivity contribution in [3.05, 3.63) is 0 Å². The molecule has 0 bridgehead atoms. The van der Waals surface area contributed by atoms with Crippen LogP contribution < -0.4 is 5.32 Å². The monoisotopic (exact) mass is 272 g/mol. The summed E-state index contributed by atoms with van der Waals surface area (Å²) in [7, 11) is 1.62. The number of hydrogen-bond donors (Lipinski definition) is 2. The molecule has 1 fully saturated rings. The maximum atomic E-state index is 12.1. The molecule has 5 heteroatoms. The Labute approximate surface area is 116 Å². The molecule has 3 unspecified atom stereocenters. The Balaban J connectivity index is 2.50. The molecule has 1 amide bonds. The van der Waals surface area contributed by atoms with E-state index >= 15 is 0 Å². The van der Waals surface area contributed by atoms with E-state index in [0.29, 0.717) is 19.2 Å². The van der Waals surface area contributed by atoms with Crippen LogP contribution in [0.4, 0.5) is 0 Å². The summed E-state index contributed by atoms with van der Waals surface area (Å²) in [5, 5.41) is 12.5. The summed E-state index contributed by atoms with van der Waals surface area (Å²) in [6, 6.07) is 0.179. The summed E-state index contributed by atoms with van der Waals surface area (Å²) >= 11 is 0. The predicted octanol–water partition coefficient (Wildman–Crippen LogP) is 0.763. The lowest BCUT2D eigenvalue weighted by Crippen LogP contribution is -2.52. The van der Waals surface area contributed by atoms with Gasteiger partial charge in [0.05, 0.1) is 18.8 Å². The number of hydrogen-bond acceptors (Lipinski definition) is 4. The van der Waals surface area contributed by atoms with Crippen molar-refractivity contribution in [2.75, 3.05) is 26.8 Å². The third-order valence-corrected chi connectivity index (χ3v) is 3.77. The lowest BCUT2D eigenvalue weighted by Gasteiger charge is -2.39. The Morgan fingerprint density at radius 2 is 2.21 bits per heavy atom. The van der Waals surface area contributed by atoms with E-state index in [0.717, 1.165) is 25.8 Å². The molecule has 1 heterocycles. The predicted molar refractivity (Wildman–Crippen MR) is 75.0 cm³/mol. The highest BCUT2D eigenvalue weighted by molar-refractivity contribution is 5.81. The van der Waals surface area contributed by atoms with Crippen LogP contribution in [0.25, 0.3) is 0 Å². The van der Waals surface area contributed by atoms with Gasteiger partial charge in [-0.3, -0.25) is 9.69 Å². The molecule has 1 saturated heterocycles. The van der Waals surface area contributed by atoms with Crippen LogP contribution in [-0.4, -0.2) is 60.9 Å². The minimum atomic E-state index is -0.311. The maximum Gasteiger partial charge on any atom is 0.237 e. The SMILES string of the molecule is COCCNC(=O)C(C)N1CCCCC1CC(C)O. The molecule has 0 spiro atoms.